The zero-order valence-corrected chi connectivity index (χ0v) is 7.44. The fraction of sp³-hybridized carbons (Fsp3) is 0.500. The fourth-order valence-corrected chi connectivity index (χ4v) is 1.05. The number of rotatable bonds is 2. The van der Waals surface area contributed by atoms with E-state index in [0.717, 1.165) is 6.07 Å². The van der Waals surface area contributed by atoms with E-state index in [4.69, 9.17) is 0 Å². The van der Waals surface area contributed by atoms with Crippen LogP contribution in [0.3, 0.4) is 0 Å². The summed E-state index contributed by atoms with van der Waals surface area (Å²) in [6, 6.07) is 0.904. The highest BCUT2D eigenvalue weighted by Crippen LogP contribution is 2.28. The van der Waals surface area contributed by atoms with Crippen LogP contribution >= 0.6 is 15.9 Å². The topological polar surface area (TPSA) is 26.0 Å². The Balaban J connectivity index is 2.77. The Hall–Kier alpha value is -0.520. The third-order valence-corrected chi connectivity index (χ3v) is 1.59. The van der Waals surface area contributed by atoms with Gasteiger partial charge in [0.25, 0.3) is 0 Å². The Morgan fingerprint density at radius 3 is 2.58 bits per heavy atom. The number of hydrogen-bond donors (Lipinski definition) is 0. The molecular weight excluding hydrogens is 239 g/mol. The molecule has 1 heterocycles. The second-order valence-corrected chi connectivity index (χ2v) is 2.91. The predicted molar refractivity (Wildman–Crippen MR) is 39.0 cm³/mol. The summed E-state index contributed by atoms with van der Waals surface area (Å²) >= 11 is 3.08. The summed E-state index contributed by atoms with van der Waals surface area (Å²) in [5.41, 5.74) is -0.974. The summed E-state index contributed by atoms with van der Waals surface area (Å²) in [6.07, 6.45) is -4.00. The van der Waals surface area contributed by atoms with Gasteiger partial charge in [-0.3, -0.25) is 0 Å². The number of halogens is 4. The van der Waals surface area contributed by atoms with Crippen LogP contribution in [-0.4, -0.2) is 10.5 Å². The van der Waals surface area contributed by atoms with E-state index < -0.39 is 11.9 Å². The van der Waals surface area contributed by atoms with Crippen molar-refractivity contribution in [2.45, 2.75) is 12.6 Å². The number of aryl methyl sites for hydroxylation is 1. The quantitative estimate of drug-likeness (QED) is 0.747. The second kappa shape index (κ2) is 3.47. The van der Waals surface area contributed by atoms with Crippen molar-refractivity contribution in [2.24, 2.45) is 0 Å². The van der Waals surface area contributed by atoms with E-state index in [-0.39, 0.29) is 5.76 Å². The average Bonchev–Trinajstić information content (AvgIpc) is 2.35. The maximum atomic E-state index is 11.9. The van der Waals surface area contributed by atoms with Gasteiger partial charge in [-0.1, -0.05) is 21.1 Å². The van der Waals surface area contributed by atoms with E-state index >= 15 is 0 Å². The molecule has 0 saturated heterocycles. The SMILES string of the molecule is FC(F)(F)c1cc(CCBr)on1. The summed E-state index contributed by atoms with van der Waals surface area (Å²) in [5, 5.41) is 3.44. The van der Waals surface area contributed by atoms with E-state index in [9.17, 15) is 13.2 Å². The maximum absolute atomic E-state index is 11.9. The van der Waals surface area contributed by atoms with Crippen LogP contribution in [0.15, 0.2) is 10.6 Å². The molecule has 0 saturated carbocycles. The first-order chi connectivity index (χ1) is 5.54. The van der Waals surface area contributed by atoms with Gasteiger partial charge in [-0.15, -0.1) is 0 Å². The summed E-state index contributed by atoms with van der Waals surface area (Å²) in [6.45, 7) is 0. The van der Waals surface area contributed by atoms with Crippen molar-refractivity contribution in [3.05, 3.63) is 17.5 Å². The van der Waals surface area contributed by atoms with E-state index in [1.165, 1.54) is 0 Å². The molecule has 0 radical (unpaired) electrons. The van der Waals surface area contributed by atoms with Crippen LogP contribution < -0.4 is 0 Å². The van der Waals surface area contributed by atoms with Crippen molar-refractivity contribution in [3.8, 4) is 0 Å². The molecule has 6 heteroatoms. The van der Waals surface area contributed by atoms with Gasteiger partial charge >= 0.3 is 6.18 Å². The smallest absolute Gasteiger partial charge is 0.361 e. The minimum absolute atomic E-state index is 0.235. The van der Waals surface area contributed by atoms with Crippen molar-refractivity contribution in [2.75, 3.05) is 5.33 Å². The summed E-state index contributed by atoms with van der Waals surface area (Å²) < 4.78 is 40.2. The Labute approximate surface area is 74.9 Å². The molecule has 0 aliphatic carbocycles. The summed E-state index contributed by atoms with van der Waals surface area (Å²) in [7, 11) is 0. The zero-order chi connectivity index (χ0) is 9.19. The number of nitrogens with zero attached hydrogens (tertiary/aromatic N) is 1. The van der Waals surface area contributed by atoms with E-state index in [1.54, 1.807) is 0 Å². The number of hydrogen-bond acceptors (Lipinski definition) is 2. The van der Waals surface area contributed by atoms with Gasteiger partial charge in [0.1, 0.15) is 5.76 Å². The molecule has 1 aromatic rings. The lowest BCUT2D eigenvalue weighted by Gasteiger charge is -1.97. The summed E-state index contributed by atoms with van der Waals surface area (Å²) in [5.74, 6) is 0.235. The molecule has 12 heavy (non-hydrogen) atoms. The number of aromatic nitrogens is 1. The normalized spacial score (nSPS) is 12.0. The average molecular weight is 244 g/mol. The van der Waals surface area contributed by atoms with Crippen LogP contribution in [0.5, 0.6) is 0 Å². The second-order valence-electron chi connectivity index (χ2n) is 2.12. The molecule has 0 spiro atoms. The lowest BCUT2D eigenvalue weighted by molar-refractivity contribution is -0.142. The highest BCUT2D eigenvalue weighted by atomic mass is 79.9. The first-order valence-corrected chi connectivity index (χ1v) is 4.25. The third kappa shape index (κ3) is 2.23. The minimum Gasteiger partial charge on any atom is -0.361 e. The predicted octanol–water partition coefficient (Wildman–Crippen LogP) is 2.63. The third-order valence-electron chi connectivity index (χ3n) is 1.19. The molecule has 68 valence electrons. The summed E-state index contributed by atoms with van der Waals surface area (Å²) in [4.78, 5) is 0. The van der Waals surface area contributed by atoms with Gasteiger partial charge in [0.15, 0.2) is 5.69 Å². The Morgan fingerprint density at radius 1 is 1.50 bits per heavy atom. The number of alkyl halides is 4. The molecule has 0 aliphatic rings. The largest absolute Gasteiger partial charge is 0.436 e. The molecule has 0 N–H and O–H groups in total. The molecular formula is C6H5BrF3NO. The van der Waals surface area contributed by atoms with Crippen LogP contribution in [0.1, 0.15) is 11.5 Å². The van der Waals surface area contributed by atoms with Gasteiger partial charge in [0, 0.05) is 17.8 Å². The first-order valence-electron chi connectivity index (χ1n) is 3.13. The highest BCUT2D eigenvalue weighted by molar-refractivity contribution is 9.09. The molecule has 2 nitrogen and oxygen atoms in total. The van der Waals surface area contributed by atoms with Crippen LogP contribution in [0.25, 0.3) is 0 Å². The Bertz CT molecular complexity index is 258. The standard InChI is InChI=1S/C6H5BrF3NO/c7-2-1-4-3-5(11-12-4)6(8,9)10/h3H,1-2H2. The monoisotopic (exact) mass is 243 g/mol. The molecule has 1 rings (SSSR count). The zero-order valence-electron chi connectivity index (χ0n) is 5.86. The molecule has 0 fully saturated rings. The van der Waals surface area contributed by atoms with Gasteiger partial charge < -0.3 is 4.52 Å². The van der Waals surface area contributed by atoms with Crippen LogP contribution in [-0.2, 0) is 12.6 Å². The Morgan fingerprint density at radius 2 is 2.17 bits per heavy atom. The molecule has 0 unspecified atom stereocenters. The van der Waals surface area contributed by atoms with Gasteiger partial charge in [0.05, 0.1) is 0 Å². The van der Waals surface area contributed by atoms with Crippen molar-refractivity contribution >= 4 is 15.9 Å². The molecule has 0 amide bonds. The van der Waals surface area contributed by atoms with Crippen LogP contribution in [0.4, 0.5) is 13.2 Å². The van der Waals surface area contributed by atoms with Gasteiger partial charge in [0.2, 0.25) is 0 Å². The van der Waals surface area contributed by atoms with Crippen molar-refractivity contribution in [1.29, 1.82) is 0 Å². The van der Waals surface area contributed by atoms with E-state index in [2.05, 4.69) is 25.6 Å². The maximum Gasteiger partial charge on any atom is 0.436 e. The van der Waals surface area contributed by atoms with E-state index in [1.807, 2.05) is 0 Å². The molecule has 0 aliphatic heterocycles. The van der Waals surface area contributed by atoms with Gasteiger partial charge in [-0.05, 0) is 0 Å². The van der Waals surface area contributed by atoms with Crippen molar-refractivity contribution in [1.82, 2.24) is 5.16 Å². The van der Waals surface area contributed by atoms with E-state index in [0.29, 0.717) is 11.8 Å². The van der Waals surface area contributed by atoms with Gasteiger partial charge in [-0.25, -0.2) is 0 Å². The van der Waals surface area contributed by atoms with Crippen molar-refractivity contribution < 1.29 is 17.7 Å². The van der Waals surface area contributed by atoms with Crippen LogP contribution in [0.2, 0.25) is 0 Å². The molecule has 0 atom stereocenters. The first kappa shape index (κ1) is 9.57. The highest BCUT2D eigenvalue weighted by Gasteiger charge is 2.34. The molecule has 0 bridgehead atoms. The molecule has 0 aromatic carbocycles. The lowest BCUT2D eigenvalue weighted by atomic mass is 10.3. The lowest BCUT2D eigenvalue weighted by Crippen LogP contribution is -2.04. The molecule has 1 aromatic heterocycles. The van der Waals surface area contributed by atoms with Gasteiger partial charge in [-0.2, -0.15) is 13.2 Å². The minimum atomic E-state index is -4.41. The van der Waals surface area contributed by atoms with Crippen LogP contribution in [0, 0.1) is 0 Å². The van der Waals surface area contributed by atoms with Crippen molar-refractivity contribution in [3.63, 3.8) is 0 Å². The Kier molecular flexibility index (Phi) is 2.76. The fourth-order valence-electron chi connectivity index (χ4n) is 0.658.